The summed E-state index contributed by atoms with van der Waals surface area (Å²) in [5, 5.41) is 6.47. The molecule has 0 aliphatic rings. The normalized spacial score (nSPS) is 9.56. The minimum Gasteiger partial charge on any atom is -0.476 e. The first-order valence-corrected chi connectivity index (χ1v) is 3.46. The summed E-state index contributed by atoms with van der Waals surface area (Å²) in [6.07, 6.45) is 1.73. The maximum atomic E-state index is 5.09. The molecule has 0 aliphatic carbocycles. The molecule has 0 radical (unpaired) electrons. The average Bonchev–Trinajstić information content (AvgIpc) is 2.18. The van der Waals surface area contributed by atoms with Gasteiger partial charge in [0.05, 0.1) is 11.1 Å². The van der Waals surface area contributed by atoms with Gasteiger partial charge in [-0.1, -0.05) is 0 Å². The first-order valence-electron chi connectivity index (χ1n) is 2.66. The van der Waals surface area contributed by atoms with Crippen LogP contribution in [0.25, 0.3) is 0 Å². The van der Waals surface area contributed by atoms with Crippen molar-refractivity contribution in [2.45, 2.75) is 6.92 Å². The van der Waals surface area contributed by atoms with Gasteiger partial charge < -0.3 is 4.74 Å². The van der Waals surface area contributed by atoms with E-state index in [1.165, 1.54) is 0 Å². The highest BCUT2D eigenvalue weighted by molar-refractivity contribution is 9.10. The predicted molar refractivity (Wildman–Crippen MR) is 37.5 cm³/mol. The van der Waals surface area contributed by atoms with Crippen molar-refractivity contribution in [3.63, 3.8) is 0 Å². The molecule has 1 rings (SSSR count). The van der Waals surface area contributed by atoms with E-state index in [0.717, 1.165) is 4.47 Å². The lowest BCUT2D eigenvalue weighted by Gasteiger charge is -1.94. The molecule has 1 N–H and O–H groups in total. The Morgan fingerprint density at radius 2 is 2.67 bits per heavy atom. The summed E-state index contributed by atoms with van der Waals surface area (Å²) in [6.45, 7) is 2.56. The maximum absolute atomic E-state index is 5.09. The van der Waals surface area contributed by atoms with Crippen molar-refractivity contribution in [2.24, 2.45) is 0 Å². The van der Waals surface area contributed by atoms with Crippen LogP contribution in [-0.4, -0.2) is 16.8 Å². The molecule has 4 heteroatoms. The van der Waals surface area contributed by atoms with E-state index in [-0.39, 0.29) is 0 Å². The molecule has 0 aliphatic heterocycles. The van der Waals surface area contributed by atoms with Gasteiger partial charge in [-0.15, -0.1) is 5.10 Å². The molecule has 0 atom stereocenters. The monoisotopic (exact) mass is 190 g/mol. The first kappa shape index (κ1) is 6.61. The maximum Gasteiger partial charge on any atom is 0.246 e. The number of nitrogens with one attached hydrogen (secondary N) is 1. The van der Waals surface area contributed by atoms with Crippen LogP contribution in [0.3, 0.4) is 0 Å². The molecule has 9 heavy (non-hydrogen) atoms. The molecule has 0 fully saturated rings. The summed E-state index contributed by atoms with van der Waals surface area (Å²) < 4.78 is 5.95. The quantitative estimate of drug-likeness (QED) is 0.770. The summed E-state index contributed by atoms with van der Waals surface area (Å²) in [5.41, 5.74) is 0. The fourth-order valence-electron chi connectivity index (χ4n) is 0.501. The SMILES string of the molecule is CCOc1n[nH]cc1Br. The second-order valence-corrected chi connectivity index (χ2v) is 2.33. The zero-order valence-corrected chi connectivity index (χ0v) is 6.60. The highest BCUT2D eigenvalue weighted by Crippen LogP contribution is 2.19. The Balaban J connectivity index is 2.69. The van der Waals surface area contributed by atoms with E-state index < -0.39 is 0 Å². The van der Waals surface area contributed by atoms with E-state index in [1.807, 2.05) is 6.92 Å². The fourth-order valence-corrected chi connectivity index (χ4v) is 0.806. The average molecular weight is 191 g/mol. The number of hydrogen-bond acceptors (Lipinski definition) is 2. The van der Waals surface area contributed by atoms with Crippen LogP contribution in [0, 0.1) is 0 Å². The molecular weight excluding hydrogens is 184 g/mol. The third-order valence-corrected chi connectivity index (χ3v) is 1.41. The second kappa shape index (κ2) is 2.87. The van der Waals surface area contributed by atoms with Crippen LogP contribution in [-0.2, 0) is 0 Å². The van der Waals surface area contributed by atoms with E-state index in [4.69, 9.17) is 4.74 Å². The van der Waals surface area contributed by atoms with Gasteiger partial charge in [0.15, 0.2) is 0 Å². The number of halogens is 1. The molecule has 0 spiro atoms. The molecule has 0 saturated carbocycles. The second-order valence-electron chi connectivity index (χ2n) is 1.47. The van der Waals surface area contributed by atoms with Crippen LogP contribution in [0.4, 0.5) is 0 Å². The van der Waals surface area contributed by atoms with Crippen LogP contribution in [0.5, 0.6) is 5.88 Å². The van der Waals surface area contributed by atoms with Gasteiger partial charge in [0, 0.05) is 6.20 Å². The van der Waals surface area contributed by atoms with Gasteiger partial charge in [-0.2, -0.15) is 0 Å². The minimum atomic E-state index is 0.623. The van der Waals surface area contributed by atoms with Crippen LogP contribution in [0.15, 0.2) is 10.7 Å². The summed E-state index contributed by atoms with van der Waals surface area (Å²) in [6, 6.07) is 0. The molecule has 3 nitrogen and oxygen atoms in total. The zero-order valence-electron chi connectivity index (χ0n) is 5.02. The van der Waals surface area contributed by atoms with Gasteiger partial charge >= 0.3 is 0 Å². The molecule has 1 aromatic heterocycles. The number of H-pyrrole nitrogens is 1. The van der Waals surface area contributed by atoms with Crippen molar-refractivity contribution in [1.82, 2.24) is 10.2 Å². The van der Waals surface area contributed by atoms with E-state index in [9.17, 15) is 0 Å². The van der Waals surface area contributed by atoms with Crippen LogP contribution in [0.2, 0.25) is 0 Å². The van der Waals surface area contributed by atoms with Crippen molar-refractivity contribution < 1.29 is 4.74 Å². The molecule has 0 bridgehead atoms. The number of aromatic nitrogens is 2. The van der Waals surface area contributed by atoms with E-state index >= 15 is 0 Å². The third kappa shape index (κ3) is 1.45. The molecule has 1 heterocycles. The Morgan fingerprint density at radius 1 is 1.89 bits per heavy atom. The highest BCUT2D eigenvalue weighted by atomic mass is 79.9. The lowest BCUT2D eigenvalue weighted by atomic mass is 10.7. The molecule has 1 aromatic rings. The topological polar surface area (TPSA) is 37.9 Å². The standard InChI is InChI=1S/C5H7BrN2O/c1-2-9-5-4(6)3-7-8-5/h3H,2H2,1H3,(H,7,8). The summed E-state index contributed by atoms with van der Waals surface area (Å²) in [5.74, 6) is 0.623. The van der Waals surface area contributed by atoms with Gasteiger partial charge in [0.25, 0.3) is 0 Å². The van der Waals surface area contributed by atoms with Crippen LogP contribution in [0.1, 0.15) is 6.92 Å². The van der Waals surface area contributed by atoms with E-state index in [1.54, 1.807) is 6.20 Å². The Hall–Kier alpha value is -0.510. The van der Waals surface area contributed by atoms with Gasteiger partial charge in [0.2, 0.25) is 5.88 Å². The Bertz CT molecular complexity index is 187. The van der Waals surface area contributed by atoms with Crippen molar-refractivity contribution in [3.8, 4) is 5.88 Å². The summed E-state index contributed by atoms with van der Waals surface area (Å²) >= 11 is 3.25. The molecule has 0 unspecified atom stereocenters. The Morgan fingerprint density at radius 3 is 3.11 bits per heavy atom. The fraction of sp³-hybridized carbons (Fsp3) is 0.400. The lowest BCUT2D eigenvalue weighted by molar-refractivity contribution is 0.324. The van der Waals surface area contributed by atoms with Crippen LogP contribution >= 0.6 is 15.9 Å². The zero-order chi connectivity index (χ0) is 6.69. The van der Waals surface area contributed by atoms with Gasteiger partial charge in [0.1, 0.15) is 0 Å². The third-order valence-electron chi connectivity index (χ3n) is 0.843. The number of rotatable bonds is 2. The summed E-state index contributed by atoms with van der Waals surface area (Å²) in [4.78, 5) is 0. The first-order chi connectivity index (χ1) is 4.34. The minimum absolute atomic E-state index is 0.623. The number of aromatic amines is 1. The Labute approximate surface area is 61.5 Å². The van der Waals surface area contributed by atoms with E-state index in [2.05, 4.69) is 26.1 Å². The highest BCUT2D eigenvalue weighted by Gasteiger charge is 1.99. The molecule has 0 aromatic carbocycles. The molecule has 0 saturated heterocycles. The molecular formula is C5H7BrN2O. The Kier molecular flexibility index (Phi) is 2.10. The van der Waals surface area contributed by atoms with Gasteiger partial charge in [-0.05, 0) is 22.9 Å². The number of hydrogen-bond donors (Lipinski definition) is 1. The molecule has 0 amide bonds. The van der Waals surface area contributed by atoms with Crippen molar-refractivity contribution >= 4 is 15.9 Å². The lowest BCUT2D eigenvalue weighted by Crippen LogP contribution is -1.91. The molecule has 50 valence electrons. The van der Waals surface area contributed by atoms with Crippen LogP contribution < -0.4 is 4.74 Å². The van der Waals surface area contributed by atoms with Crippen molar-refractivity contribution in [2.75, 3.05) is 6.61 Å². The number of nitrogens with zero attached hydrogens (tertiary/aromatic N) is 1. The number of ether oxygens (including phenoxy) is 1. The largest absolute Gasteiger partial charge is 0.476 e. The van der Waals surface area contributed by atoms with Gasteiger partial charge in [-0.3, -0.25) is 5.10 Å². The predicted octanol–water partition coefficient (Wildman–Crippen LogP) is 1.57. The van der Waals surface area contributed by atoms with Crippen molar-refractivity contribution in [3.05, 3.63) is 10.7 Å². The summed E-state index contributed by atoms with van der Waals surface area (Å²) in [7, 11) is 0. The van der Waals surface area contributed by atoms with E-state index in [0.29, 0.717) is 12.5 Å². The van der Waals surface area contributed by atoms with Crippen molar-refractivity contribution in [1.29, 1.82) is 0 Å². The smallest absolute Gasteiger partial charge is 0.246 e. The van der Waals surface area contributed by atoms with Gasteiger partial charge in [-0.25, -0.2) is 0 Å².